The first-order valence-corrected chi connectivity index (χ1v) is 2.44. The van der Waals surface area contributed by atoms with Gasteiger partial charge in [0.1, 0.15) is 0 Å². The molecule has 0 aliphatic carbocycles. The molecule has 0 amide bonds. The van der Waals surface area contributed by atoms with Crippen molar-refractivity contribution in [2.75, 3.05) is 0 Å². The van der Waals surface area contributed by atoms with E-state index in [0.717, 1.165) is 0 Å². The van der Waals surface area contributed by atoms with Crippen LogP contribution in [0.2, 0.25) is 0 Å². The van der Waals surface area contributed by atoms with Crippen LogP contribution in [-0.2, 0) is 0 Å². The third-order valence-corrected chi connectivity index (χ3v) is 0.894. The van der Waals surface area contributed by atoms with Crippen molar-refractivity contribution in [3.8, 4) is 0 Å². The van der Waals surface area contributed by atoms with Crippen molar-refractivity contribution in [2.24, 2.45) is 0 Å². The molecule has 6 heavy (non-hydrogen) atoms. The molecule has 1 nitrogen and oxygen atoms in total. The van der Waals surface area contributed by atoms with Crippen LogP contribution in [0.3, 0.4) is 0 Å². The van der Waals surface area contributed by atoms with Crippen molar-refractivity contribution >= 4 is 11.9 Å². The highest BCUT2D eigenvalue weighted by Gasteiger charge is 1.74. The minimum atomic E-state index is 0.178. The van der Waals surface area contributed by atoms with E-state index in [1.165, 1.54) is 11.9 Å². The van der Waals surface area contributed by atoms with E-state index >= 15 is 0 Å². The Bertz CT molecular complexity index is 152. The molecule has 32 valence electrons. The maximum absolute atomic E-state index is 7.01. The van der Waals surface area contributed by atoms with Gasteiger partial charge in [0.2, 0.25) is 0 Å². The van der Waals surface area contributed by atoms with Crippen LogP contribution in [-0.4, -0.2) is 0 Å². The Morgan fingerprint density at radius 2 is 2.83 bits per heavy atom. The average Bonchev–Trinajstić information content (AvgIpc) is 1.77. The Hall–Kier alpha value is -0.370. The Morgan fingerprint density at radius 3 is 3.33 bits per heavy atom. The third kappa shape index (κ3) is 0.792. The van der Waals surface area contributed by atoms with Crippen LogP contribution in [0.25, 0.3) is 0 Å². The quantitative estimate of drug-likeness (QED) is 0.461. The van der Waals surface area contributed by atoms with Gasteiger partial charge in [0.05, 0.1) is 2.74 Å². The molecule has 1 aliphatic heterocycles. The molecule has 0 saturated carbocycles. The molecule has 1 N–H and O–H groups in total. The topological polar surface area (TPSA) is 12.0 Å². The molecule has 0 fully saturated rings. The van der Waals surface area contributed by atoms with E-state index in [0.29, 0.717) is 0 Å². The number of rotatable bonds is 0. The summed E-state index contributed by atoms with van der Waals surface area (Å²) >= 11 is 1.31. The predicted octanol–water partition coefficient (Wildman–Crippen LogP) is 1.27. The zero-order valence-corrected chi connectivity index (χ0v) is 3.88. The summed E-state index contributed by atoms with van der Waals surface area (Å²) in [5.74, 6) is 0. The molecular weight excluding hydrogens is 94.1 g/mol. The lowest BCUT2D eigenvalue weighted by atomic mass is 10.6. The number of nitrogens with one attached hydrogen (secondary N) is 1. The molecule has 2 heteroatoms. The van der Waals surface area contributed by atoms with Gasteiger partial charge < -0.3 is 4.72 Å². The molecule has 0 aromatic heterocycles. The van der Waals surface area contributed by atoms with Crippen LogP contribution < -0.4 is 4.72 Å². The first-order valence-electron chi connectivity index (χ1n) is 2.56. The van der Waals surface area contributed by atoms with Gasteiger partial charge in [0.15, 0.2) is 0 Å². The number of allylic oxidation sites excluding steroid dienone is 2. The highest BCUT2D eigenvalue weighted by molar-refractivity contribution is 8.00. The molecule has 0 bridgehead atoms. The van der Waals surface area contributed by atoms with E-state index in [9.17, 15) is 0 Å². The summed E-state index contributed by atoms with van der Waals surface area (Å²) in [4.78, 5) is 0. The molecule has 0 aromatic carbocycles. The molecule has 1 rings (SSSR count). The Morgan fingerprint density at radius 1 is 1.83 bits per heavy atom. The van der Waals surface area contributed by atoms with Gasteiger partial charge >= 0.3 is 0 Å². The van der Waals surface area contributed by atoms with Crippen molar-refractivity contribution in [3.05, 3.63) is 23.7 Å². The van der Waals surface area contributed by atoms with Gasteiger partial charge in [-0.2, -0.15) is 0 Å². The van der Waals surface area contributed by atoms with E-state index in [4.69, 9.17) is 2.74 Å². The van der Waals surface area contributed by atoms with E-state index in [2.05, 4.69) is 4.72 Å². The Balaban J connectivity index is 2.76. The summed E-state index contributed by atoms with van der Waals surface area (Å²) < 4.78 is 16.6. The van der Waals surface area contributed by atoms with Crippen molar-refractivity contribution < 1.29 is 2.74 Å². The van der Waals surface area contributed by atoms with Crippen LogP contribution in [0, 0.1) is 0 Å². The van der Waals surface area contributed by atoms with Gasteiger partial charge in [-0.05, 0) is 23.4 Å². The summed E-state index contributed by atoms with van der Waals surface area (Å²) in [5, 5.41) is 1.74. The van der Waals surface area contributed by atoms with Crippen molar-refractivity contribution in [2.45, 2.75) is 0 Å². The standard InChI is InChI=1S/C4H5NS/c1-2-4-6-5-3-1/h1-5H/i1D,3D. The number of hydrogen-bond acceptors (Lipinski definition) is 2. The van der Waals surface area contributed by atoms with Gasteiger partial charge in [0.25, 0.3) is 0 Å². The van der Waals surface area contributed by atoms with E-state index in [1.54, 1.807) is 11.5 Å². The van der Waals surface area contributed by atoms with Crippen LogP contribution >= 0.6 is 11.9 Å². The normalized spacial score (nSPS) is 25.3. The SMILES string of the molecule is [2H]C1=C([2H])NSC=C1. The van der Waals surface area contributed by atoms with Gasteiger partial charge in [-0.25, -0.2) is 0 Å². The largest absolute Gasteiger partial charge is 0.333 e. The zero-order valence-electron chi connectivity index (χ0n) is 5.06. The fourth-order valence-electron chi connectivity index (χ4n) is 0.203. The first kappa shape index (κ1) is 2.07. The average molecular weight is 101 g/mol. The molecule has 0 atom stereocenters. The second-order valence-electron chi connectivity index (χ2n) is 0.792. The molecule has 0 radical (unpaired) electrons. The van der Waals surface area contributed by atoms with Crippen molar-refractivity contribution in [1.82, 2.24) is 4.72 Å². The second kappa shape index (κ2) is 1.92. The highest BCUT2D eigenvalue weighted by atomic mass is 32.2. The second-order valence-corrected chi connectivity index (χ2v) is 1.50. The lowest BCUT2D eigenvalue weighted by Gasteiger charge is -1.93. The lowest BCUT2D eigenvalue weighted by molar-refractivity contribution is 1.42. The minimum absolute atomic E-state index is 0.178. The predicted molar refractivity (Wildman–Crippen MR) is 29.0 cm³/mol. The Labute approximate surface area is 44.1 Å². The summed E-state index contributed by atoms with van der Waals surface area (Å²) in [7, 11) is 0. The highest BCUT2D eigenvalue weighted by Crippen LogP contribution is 1.98. The third-order valence-electron chi connectivity index (χ3n) is 0.402. The van der Waals surface area contributed by atoms with Crippen LogP contribution in [0.15, 0.2) is 23.7 Å². The van der Waals surface area contributed by atoms with Gasteiger partial charge in [-0.1, -0.05) is 6.08 Å². The summed E-state index contributed by atoms with van der Waals surface area (Å²) in [6.45, 7) is 0. The number of hydrogen-bond donors (Lipinski definition) is 1. The summed E-state index contributed by atoms with van der Waals surface area (Å²) in [6.07, 6.45) is 1.77. The van der Waals surface area contributed by atoms with Crippen molar-refractivity contribution in [3.63, 3.8) is 0 Å². The smallest absolute Gasteiger partial charge is 0.0821 e. The fraction of sp³-hybridized carbons (Fsp3) is 0. The first-order chi connectivity index (χ1) is 3.80. The Kier molecular flexibility index (Phi) is 0.665. The van der Waals surface area contributed by atoms with Gasteiger partial charge in [0, 0.05) is 6.18 Å². The molecule has 0 saturated heterocycles. The summed E-state index contributed by atoms with van der Waals surface area (Å²) in [5.41, 5.74) is 0. The fourth-order valence-corrected chi connectivity index (χ4v) is 0.525. The van der Waals surface area contributed by atoms with Gasteiger partial charge in [-0.3, -0.25) is 0 Å². The van der Waals surface area contributed by atoms with Crippen molar-refractivity contribution in [1.29, 1.82) is 0 Å². The molecule has 0 spiro atoms. The molecule has 1 aliphatic rings. The van der Waals surface area contributed by atoms with E-state index in [1.807, 2.05) is 0 Å². The van der Waals surface area contributed by atoms with E-state index in [-0.39, 0.29) is 12.2 Å². The summed E-state index contributed by atoms with van der Waals surface area (Å²) in [6, 6.07) is 0.240. The maximum atomic E-state index is 7.01. The van der Waals surface area contributed by atoms with Gasteiger partial charge in [-0.15, -0.1) is 0 Å². The minimum Gasteiger partial charge on any atom is -0.333 e. The molecular formula is C4H5NS. The zero-order chi connectivity index (χ0) is 5.98. The molecule has 0 aromatic rings. The van der Waals surface area contributed by atoms with Crippen LogP contribution in [0.4, 0.5) is 0 Å². The van der Waals surface area contributed by atoms with E-state index < -0.39 is 0 Å². The maximum Gasteiger partial charge on any atom is 0.0821 e. The lowest BCUT2D eigenvalue weighted by Crippen LogP contribution is -1.88. The molecule has 1 heterocycles. The van der Waals surface area contributed by atoms with Crippen LogP contribution in [0.5, 0.6) is 0 Å². The molecule has 0 unspecified atom stereocenters. The van der Waals surface area contributed by atoms with Crippen LogP contribution in [0.1, 0.15) is 2.74 Å². The monoisotopic (exact) mass is 101 g/mol.